The third-order valence-electron chi connectivity index (χ3n) is 3.99. The lowest BCUT2D eigenvalue weighted by atomic mass is 10.1. The number of thioether (sulfide) groups is 2. The summed E-state index contributed by atoms with van der Waals surface area (Å²) in [5.41, 5.74) is 1.85. The summed E-state index contributed by atoms with van der Waals surface area (Å²) in [6.07, 6.45) is 0. The van der Waals surface area contributed by atoms with Crippen molar-refractivity contribution in [3.8, 4) is 5.75 Å². The number of benzene rings is 1. The van der Waals surface area contributed by atoms with Crippen molar-refractivity contribution in [2.24, 2.45) is 4.99 Å². The van der Waals surface area contributed by atoms with Crippen LogP contribution in [0, 0.1) is 6.92 Å². The normalized spacial score (nSPS) is 28.8. The summed E-state index contributed by atoms with van der Waals surface area (Å²) in [6, 6.07) is 5.12. The van der Waals surface area contributed by atoms with Crippen LogP contribution in [0.4, 0.5) is 0 Å². The number of carboxylic acids is 1. The third kappa shape index (κ3) is 2.85. The second-order valence-corrected chi connectivity index (χ2v) is 7.73. The van der Waals surface area contributed by atoms with Gasteiger partial charge in [0.2, 0.25) is 0 Å². The molecule has 2 heterocycles. The van der Waals surface area contributed by atoms with Crippen LogP contribution in [0.3, 0.4) is 0 Å². The fraction of sp³-hybridized carbons (Fsp3) is 0.467. The molecule has 5 nitrogen and oxygen atoms in total. The SMILES string of the molecule is Cc1ccc(O)c(C2=NC([C@H]3SC[C@H](C(=O)O)N3C)CS2)c1. The number of carboxylic acid groups (broad SMARTS) is 1. The standard InChI is InChI=1S/C15H18N2O3S2/c1-8-3-4-12(18)9(5-8)13-16-10(6-21-13)14-17(2)11(7-22-14)15(19)20/h3-5,10-11,14,18H,6-7H2,1-2H3,(H,19,20)/t10?,11-,14-/m1/s1. The van der Waals surface area contributed by atoms with Crippen LogP contribution in [-0.2, 0) is 4.79 Å². The molecule has 3 rings (SSSR count). The van der Waals surface area contributed by atoms with Gasteiger partial charge in [0.15, 0.2) is 0 Å². The number of aliphatic carboxylic acids is 1. The highest BCUT2D eigenvalue weighted by molar-refractivity contribution is 8.14. The molecule has 1 unspecified atom stereocenters. The van der Waals surface area contributed by atoms with E-state index in [0.717, 1.165) is 21.9 Å². The minimum atomic E-state index is -0.774. The highest BCUT2D eigenvalue weighted by Crippen LogP contribution is 2.37. The van der Waals surface area contributed by atoms with Crippen LogP contribution in [0.5, 0.6) is 5.75 Å². The molecular formula is C15H18N2O3S2. The molecule has 1 aromatic carbocycles. The van der Waals surface area contributed by atoms with E-state index in [4.69, 9.17) is 4.99 Å². The van der Waals surface area contributed by atoms with Crippen molar-refractivity contribution in [1.29, 1.82) is 0 Å². The molecule has 0 aliphatic carbocycles. The van der Waals surface area contributed by atoms with Crippen molar-refractivity contribution in [2.45, 2.75) is 24.4 Å². The van der Waals surface area contributed by atoms with Crippen molar-refractivity contribution in [2.75, 3.05) is 18.6 Å². The van der Waals surface area contributed by atoms with E-state index in [0.29, 0.717) is 5.75 Å². The second kappa shape index (κ2) is 6.14. The minimum Gasteiger partial charge on any atom is -0.507 e. The number of nitrogens with zero attached hydrogens (tertiary/aromatic N) is 2. The summed E-state index contributed by atoms with van der Waals surface area (Å²) in [7, 11) is 1.85. The Labute approximate surface area is 137 Å². The van der Waals surface area contributed by atoms with Crippen LogP contribution in [0.15, 0.2) is 23.2 Å². The predicted octanol–water partition coefficient (Wildman–Crippen LogP) is 2.02. The summed E-state index contributed by atoms with van der Waals surface area (Å²) in [5.74, 6) is 0.881. The van der Waals surface area contributed by atoms with E-state index >= 15 is 0 Å². The molecule has 1 fully saturated rings. The second-order valence-electron chi connectivity index (χ2n) is 5.58. The van der Waals surface area contributed by atoms with Gasteiger partial charge in [-0.05, 0) is 26.1 Å². The highest BCUT2D eigenvalue weighted by Gasteiger charge is 2.41. The van der Waals surface area contributed by atoms with Crippen molar-refractivity contribution in [1.82, 2.24) is 4.90 Å². The summed E-state index contributed by atoms with van der Waals surface area (Å²) in [6.45, 7) is 1.98. The number of phenols is 1. The Morgan fingerprint density at radius 1 is 1.41 bits per heavy atom. The molecule has 2 N–H and O–H groups in total. The van der Waals surface area contributed by atoms with Gasteiger partial charge in [-0.1, -0.05) is 11.6 Å². The monoisotopic (exact) mass is 338 g/mol. The molecule has 118 valence electrons. The van der Waals surface area contributed by atoms with Crippen molar-refractivity contribution in [3.05, 3.63) is 29.3 Å². The third-order valence-corrected chi connectivity index (χ3v) is 6.59. The van der Waals surface area contributed by atoms with Crippen LogP contribution in [0.25, 0.3) is 0 Å². The van der Waals surface area contributed by atoms with Gasteiger partial charge in [0.05, 0.1) is 11.4 Å². The number of carbonyl (C=O) groups is 1. The zero-order valence-electron chi connectivity index (χ0n) is 12.4. The Morgan fingerprint density at radius 3 is 2.86 bits per heavy atom. The van der Waals surface area contributed by atoms with Gasteiger partial charge in [0.25, 0.3) is 0 Å². The molecule has 3 atom stereocenters. The number of hydrogen-bond acceptors (Lipinski definition) is 6. The average Bonchev–Trinajstić information content (AvgIpc) is 3.07. The van der Waals surface area contributed by atoms with E-state index in [-0.39, 0.29) is 17.2 Å². The number of aromatic hydroxyl groups is 1. The molecular weight excluding hydrogens is 320 g/mol. The number of phenolic OH excluding ortho intramolecular Hbond substituents is 1. The first-order valence-electron chi connectivity index (χ1n) is 7.04. The van der Waals surface area contributed by atoms with Crippen LogP contribution in [-0.4, -0.2) is 62.1 Å². The molecule has 22 heavy (non-hydrogen) atoms. The summed E-state index contributed by atoms with van der Waals surface area (Å²) in [4.78, 5) is 17.9. The smallest absolute Gasteiger partial charge is 0.321 e. The van der Waals surface area contributed by atoms with Crippen LogP contribution in [0.1, 0.15) is 11.1 Å². The molecule has 7 heteroatoms. The maximum Gasteiger partial charge on any atom is 0.321 e. The van der Waals surface area contributed by atoms with E-state index in [1.165, 1.54) is 0 Å². The van der Waals surface area contributed by atoms with Gasteiger partial charge >= 0.3 is 5.97 Å². The zero-order valence-corrected chi connectivity index (χ0v) is 14.0. The lowest BCUT2D eigenvalue weighted by Gasteiger charge is -2.24. The molecule has 0 saturated carbocycles. The molecule has 2 aliphatic rings. The summed E-state index contributed by atoms with van der Waals surface area (Å²) in [5, 5.41) is 20.2. The fourth-order valence-corrected chi connectivity index (χ4v) is 5.49. The lowest BCUT2D eigenvalue weighted by molar-refractivity contribution is -0.141. The highest BCUT2D eigenvalue weighted by atomic mass is 32.2. The number of hydrogen-bond donors (Lipinski definition) is 2. The van der Waals surface area contributed by atoms with Gasteiger partial charge in [-0.2, -0.15) is 0 Å². The summed E-state index contributed by atoms with van der Waals surface area (Å²) < 4.78 is 0. The Morgan fingerprint density at radius 2 is 2.18 bits per heavy atom. The first-order valence-corrected chi connectivity index (χ1v) is 9.07. The molecule has 1 aromatic rings. The van der Waals surface area contributed by atoms with E-state index in [1.54, 1.807) is 29.6 Å². The van der Waals surface area contributed by atoms with Crippen LogP contribution in [0.2, 0.25) is 0 Å². The van der Waals surface area contributed by atoms with Gasteiger partial charge in [-0.25, -0.2) is 0 Å². The van der Waals surface area contributed by atoms with E-state index in [2.05, 4.69) is 0 Å². The van der Waals surface area contributed by atoms with Gasteiger partial charge in [0.1, 0.15) is 16.8 Å². The molecule has 0 aromatic heterocycles. The van der Waals surface area contributed by atoms with Crippen LogP contribution >= 0.6 is 23.5 Å². The molecule has 0 amide bonds. The molecule has 2 aliphatic heterocycles. The lowest BCUT2D eigenvalue weighted by Crippen LogP contribution is -2.42. The van der Waals surface area contributed by atoms with E-state index in [9.17, 15) is 15.0 Å². The molecule has 0 bridgehead atoms. The Bertz CT molecular complexity index is 635. The first kappa shape index (κ1) is 15.7. The molecule has 0 radical (unpaired) electrons. The van der Waals surface area contributed by atoms with Crippen molar-refractivity contribution < 1.29 is 15.0 Å². The van der Waals surface area contributed by atoms with Gasteiger partial charge in [0, 0.05) is 17.1 Å². The minimum absolute atomic E-state index is 0.0549. The van der Waals surface area contributed by atoms with Gasteiger partial charge in [-0.15, -0.1) is 23.5 Å². The molecule has 1 saturated heterocycles. The Hall–Kier alpha value is -1.18. The summed E-state index contributed by atoms with van der Waals surface area (Å²) >= 11 is 3.28. The Kier molecular flexibility index (Phi) is 4.38. The topological polar surface area (TPSA) is 73.1 Å². The van der Waals surface area contributed by atoms with Crippen molar-refractivity contribution in [3.63, 3.8) is 0 Å². The maximum absolute atomic E-state index is 11.2. The van der Waals surface area contributed by atoms with E-state index < -0.39 is 12.0 Å². The van der Waals surface area contributed by atoms with Gasteiger partial charge in [-0.3, -0.25) is 14.7 Å². The maximum atomic E-state index is 11.2. The average molecular weight is 338 g/mol. The number of rotatable bonds is 3. The quantitative estimate of drug-likeness (QED) is 0.878. The Balaban J connectivity index is 1.80. The van der Waals surface area contributed by atoms with E-state index in [1.807, 2.05) is 31.0 Å². The largest absolute Gasteiger partial charge is 0.507 e. The molecule has 0 spiro atoms. The zero-order chi connectivity index (χ0) is 15.9. The van der Waals surface area contributed by atoms with Crippen molar-refractivity contribution >= 4 is 34.5 Å². The number of aryl methyl sites for hydroxylation is 1. The number of likely N-dealkylation sites (N-methyl/N-ethyl adjacent to an activating group) is 1. The first-order chi connectivity index (χ1) is 10.5. The predicted molar refractivity (Wildman–Crippen MR) is 91.1 cm³/mol. The fourth-order valence-electron chi connectivity index (χ4n) is 2.73. The van der Waals surface area contributed by atoms with Crippen LogP contribution < -0.4 is 0 Å². The number of aliphatic imine (C=N–C) groups is 1. The van der Waals surface area contributed by atoms with Gasteiger partial charge < -0.3 is 10.2 Å².